The number of halogens is 1. The lowest BCUT2D eigenvalue weighted by atomic mass is 10.3. The van der Waals surface area contributed by atoms with Gasteiger partial charge >= 0.3 is 0 Å². The summed E-state index contributed by atoms with van der Waals surface area (Å²) in [4.78, 5) is 1.15. The second-order valence-corrected chi connectivity index (χ2v) is 4.46. The van der Waals surface area contributed by atoms with Crippen molar-refractivity contribution in [3.05, 3.63) is 30.3 Å². The van der Waals surface area contributed by atoms with Gasteiger partial charge in [0.1, 0.15) is 6.17 Å². The molecule has 0 unspecified atom stereocenters. The molecular formula is C10H12FNS. The number of benzene rings is 1. The van der Waals surface area contributed by atoms with Crippen LogP contribution in [0.3, 0.4) is 0 Å². The molecule has 0 amide bonds. The largest absolute Gasteiger partial charge is 0.313 e. The highest BCUT2D eigenvalue weighted by molar-refractivity contribution is 8.00. The van der Waals surface area contributed by atoms with Gasteiger partial charge in [0.25, 0.3) is 0 Å². The molecule has 2 rings (SSSR count). The number of rotatable bonds is 2. The molecule has 0 radical (unpaired) electrons. The van der Waals surface area contributed by atoms with Crippen molar-refractivity contribution in [3.8, 4) is 0 Å². The highest BCUT2D eigenvalue weighted by Gasteiger charge is 2.27. The Morgan fingerprint density at radius 3 is 2.62 bits per heavy atom. The van der Waals surface area contributed by atoms with E-state index in [1.807, 2.05) is 30.3 Å². The van der Waals surface area contributed by atoms with E-state index < -0.39 is 6.17 Å². The standard InChI is InChI=1S/C10H12FNS/c11-9-6-12-7-10(9)13-8-4-2-1-3-5-8/h1-5,9-10,12H,6-7H2/t9-,10+/m1/s1. The Kier molecular flexibility index (Phi) is 2.86. The van der Waals surface area contributed by atoms with E-state index in [1.54, 1.807) is 11.8 Å². The molecule has 1 aromatic carbocycles. The molecule has 1 heterocycles. The molecule has 0 bridgehead atoms. The third kappa shape index (κ3) is 2.23. The number of alkyl halides is 1. The van der Waals surface area contributed by atoms with Crippen LogP contribution in [-0.4, -0.2) is 24.5 Å². The molecule has 1 fully saturated rings. The quantitative estimate of drug-likeness (QED) is 0.779. The van der Waals surface area contributed by atoms with Crippen molar-refractivity contribution in [1.29, 1.82) is 0 Å². The topological polar surface area (TPSA) is 12.0 Å². The van der Waals surface area contributed by atoms with Crippen LogP contribution in [0.4, 0.5) is 4.39 Å². The van der Waals surface area contributed by atoms with Crippen molar-refractivity contribution in [2.45, 2.75) is 16.3 Å². The Hall–Kier alpha value is -0.540. The van der Waals surface area contributed by atoms with Crippen molar-refractivity contribution in [2.75, 3.05) is 13.1 Å². The predicted molar refractivity (Wildman–Crippen MR) is 53.9 cm³/mol. The van der Waals surface area contributed by atoms with E-state index in [-0.39, 0.29) is 5.25 Å². The summed E-state index contributed by atoms with van der Waals surface area (Å²) >= 11 is 1.62. The second kappa shape index (κ2) is 4.11. The smallest absolute Gasteiger partial charge is 0.126 e. The van der Waals surface area contributed by atoms with Crippen molar-refractivity contribution < 1.29 is 4.39 Å². The molecule has 70 valence electrons. The van der Waals surface area contributed by atoms with Gasteiger partial charge in [0.15, 0.2) is 0 Å². The maximum atomic E-state index is 13.2. The monoisotopic (exact) mass is 197 g/mol. The number of nitrogens with one attached hydrogen (secondary N) is 1. The average Bonchev–Trinajstić information content (AvgIpc) is 2.54. The van der Waals surface area contributed by atoms with Crippen molar-refractivity contribution in [1.82, 2.24) is 5.32 Å². The second-order valence-electron chi connectivity index (χ2n) is 3.14. The van der Waals surface area contributed by atoms with Gasteiger partial charge in [-0.2, -0.15) is 0 Å². The van der Waals surface area contributed by atoms with Crippen molar-refractivity contribution in [2.24, 2.45) is 0 Å². The Labute approximate surface area is 81.7 Å². The Morgan fingerprint density at radius 2 is 2.00 bits per heavy atom. The number of thioether (sulfide) groups is 1. The molecule has 13 heavy (non-hydrogen) atoms. The van der Waals surface area contributed by atoms with Crippen LogP contribution < -0.4 is 5.32 Å². The maximum Gasteiger partial charge on any atom is 0.126 e. The minimum Gasteiger partial charge on any atom is -0.313 e. The average molecular weight is 197 g/mol. The first-order chi connectivity index (χ1) is 6.36. The van der Waals surface area contributed by atoms with Gasteiger partial charge in [-0.1, -0.05) is 18.2 Å². The van der Waals surface area contributed by atoms with Gasteiger partial charge in [-0.05, 0) is 12.1 Å². The van der Waals surface area contributed by atoms with Crippen LogP contribution in [0.5, 0.6) is 0 Å². The molecular weight excluding hydrogens is 185 g/mol. The zero-order valence-electron chi connectivity index (χ0n) is 7.24. The summed E-state index contributed by atoms with van der Waals surface area (Å²) in [7, 11) is 0. The van der Waals surface area contributed by atoms with Gasteiger partial charge in [-0.25, -0.2) is 4.39 Å². The molecule has 0 aliphatic carbocycles. The van der Waals surface area contributed by atoms with Crippen LogP contribution in [0.2, 0.25) is 0 Å². The van der Waals surface area contributed by atoms with Gasteiger partial charge in [-0.3, -0.25) is 0 Å². The summed E-state index contributed by atoms with van der Waals surface area (Å²) in [5.41, 5.74) is 0. The fourth-order valence-corrected chi connectivity index (χ4v) is 2.52. The van der Waals surface area contributed by atoms with Gasteiger partial charge in [0.2, 0.25) is 0 Å². The summed E-state index contributed by atoms with van der Waals surface area (Å²) < 4.78 is 13.2. The lowest BCUT2D eigenvalue weighted by molar-refractivity contribution is 0.367. The van der Waals surface area contributed by atoms with Crippen LogP contribution in [0.1, 0.15) is 0 Å². The summed E-state index contributed by atoms with van der Waals surface area (Å²) in [6.45, 7) is 1.28. The van der Waals surface area contributed by atoms with Gasteiger partial charge < -0.3 is 5.32 Å². The molecule has 0 spiro atoms. The maximum absolute atomic E-state index is 13.2. The van der Waals surface area contributed by atoms with Crippen LogP contribution in [0.25, 0.3) is 0 Å². The SMILES string of the molecule is F[C@@H]1CNC[C@@H]1Sc1ccccc1. The highest BCUT2D eigenvalue weighted by atomic mass is 32.2. The lowest BCUT2D eigenvalue weighted by Crippen LogP contribution is -2.14. The van der Waals surface area contributed by atoms with Crippen LogP contribution in [0.15, 0.2) is 35.2 Å². The van der Waals surface area contributed by atoms with Crippen LogP contribution >= 0.6 is 11.8 Å². The van der Waals surface area contributed by atoms with Crippen LogP contribution in [-0.2, 0) is 0 Å². The highest BCUT2D eigenvalue weighted by Crippen LogP contribution is 2.27. The summed E-state index contributed by atoms with van der Waals surface area (Å²) in [5.74, 6) is 0. The lowest BCUT2D eigenvalue weighted by Gasteiger charge is -2.10. The number of hydrogen-bond acceptors (Lipinski definition) is 2. The molecule has 1 aliphatic heterocycles. The van der Waals surface area contributed by atoms with E-state index in [0.717, 1.165) is 11.4 Å². The minimum absolute atomic E-state index is 0.0856. The normalized spacial score (nSPS) is 27.8. The molecule has 2 atom stereocenters. The fraction of sp³-hybridized carbons (Fsp3) is 0.400. The van der Waals surface area contributed by atoms with E-state index in [9.17, 15) is 4.39 Å². The predicted octanol–water partition coefficient (Wildman–Crippen LogP) is 2.09. The zero-order chi connectivity index (χ0) is 9.10. The Morgan fingerprint density at radius 1 is 1.23 bits per heavy atom. The van der Waals surface area contributed by atoms with E-state index >= 15 is 0 Å². The van der Waals surface area contributed by atoms with E-state index in [2.05, 4.69) is 5.32 Å². The first-order valence-electron chi connectivity index (χ1n) is 4.43. The molecule has 0 saturated carbocycles. The van der Waals surface area contributed by atoms with Gasteiger partial charge in [0, 0.05) is 18.0 Å². The van der Waals surface area contributed by atoms with E-state index in [1.165, 1.54) is 0 Å². The summed E-state index contributed by atoms with van der Waals surface area (Å²) in [5, 5.41) is 3.13. The molecule has 1 N–H and O–H groups in total. The third-order valence-corrected chi connectivity index (χ3v) is 3.43. The minimum atomic E-state index is -0.704. The van der Waals surface area contributed by atoms with Crippen molar-refractivity contribution >= 4 is 11.8 Å². The molecule has 1 nitrogen and oxygen atoms in total. The molecule has 1 aliphatic rings. The van der Waals surface area contributed by atoms with E-state index in [0.29, 0.717) is 6.54 Å². The first kappa shape index (κ1) is 9.03. The molecule has 0 aromatic heterocycles. The van der Waals surface area contributed by atoms with Gasteiger partial charge in [0.05, 0.1) is 5.25 Å². The van der Waals surface area contributed by atoms with Crippen molar-refractivity contribution in [3.63, 3.8) is 0 Å². The summed E-state index contributed by atoms with van der Waals surface area (Å²) in [6, 6.07) is 9.99. The molecule has 3 heteroatoms. The Bertz CT molecular complexity index is 265. The third-order valence-electron chi connectivity index (χ3n) is 2.12. The fourth-order valence-electron chi connectivity index (χ4n) is 1.41. The zero-order valence-corrected chi connectivity index (χ0v) is 8.06. The van der Waals surface area contributed by atoms with Gasteiger partial charge in [-0.15, -0.1) is 11.8 Å². The molecule has 1 aromatic rings. The number of hydrogen-bond donors (Lipinski definition) is 1. The Balaban J connectivity index is 1.98. The first-order valence-corrected chi connectivity index (χ1v) is 5.31. The van der Waals surface area contributed by atoms with E-state index in [4.69, 9.17) is 0 Å². The molecule has 1 saturated heterocycles. The summed E-state index contributed by atoms with van der Waals surface area (Å²) in [6.07, 6.45) is -0.704. The van der Waals surface area contributed by atoms with Crippen LogP contribution in [0, 0.1) is 0 Å².